The number of halogens is 1. The van der Waals surface area contributed by atoms with E-state index in [1.165, 1.54) is 6.26 Å². The van der Waals surface area contributed by atoms with Crippen molar-refractivity contribution in [3.63, 3.8) is 0 Å². The van der Waals surface area contributed by atoms with E-state index in [9.17, 15) is 4.79 Å². The summed E-state index contributed by atoms with van der Waals surface area (Å²) in [5.74, 6) is 2.09. The smallest absolute Gasteiger partial charge is 0.200 e. The number of aryl methyl sites for hydroxylation is 1. The van der Waals surface area contributed by atoms with Crippen LogP contribution in [0.25, 0.3) is 22.1 Å². The van der Waals surface area contributed by atoms with Gasteiger partial charge < -0.3 is 18.6 Å². The molecule has 1 aromatic heterocycles. The molecule has 174 valence electrons. The first-order valence-corrected chi connectivity index (χ1v) is 12.3. The Morgan fingerprint density at radius 1 is 0.971 bits per heavy atom. The Balaban J connectivity index is 1.50. The van der Waals surface area contributed by atoms with Crippen LogP contribution in [0.2, 0.25) is 0 Å². The summed E-state index contributed by atoms with van der Waals surface area (Å²) in [6.45, 7) is 3.76. The molecule has 0 amide bonds. The lowest BCUT2D eigenvalue weighted by Crippen LogP contribution is -2.07. The molecule has 2 heterocycles. The van der Waals surface area contributed by atoms with Crippen molar-refractivity contribution >= 4 is 26.9 Å². The predicted molar refractivity (Wildman–Crippen MR) is 136 cm³/mol. The fraction of sp³-hybridized carbons (Fsp3) is 0.250. The van der Waals surface area contributed by atoms with Gasteiger partial charge in [-0.1, -0.05) is 47.5 Å². The molecule has 6 heteroatoms. The molecule has 5 nitrogen and oxygen atoms in total. The van der Waals surface area contributed by atoms with E-state index in [1.54, 1.807) is 0 Å². The Kier molecular flexibility index (Phi) is 6.59. The molecule has 4 aromatic rings. The summed E-state index contributed by atoms with van der Waals surface area (Å²) in [6, 6.07) is 17.3. The molecule has 1 aliphatic heterocycles. The van der Waals surface area contributed by atoms with Crippen molar-refractivity contribution in [1.82, 2.24) is 0 Å². The highest BCUT2D eigenvalue weighted by Crippen LogP contribution is 2.34. The fourth-order valence-corrected chi connectivity index (χ4v) is 4.34. The van der Waals surface area contributed by atoms with Gasteiger partial charge in [-0.3, -0.25) is 4.79 Å². The van der Waals surface area contributed by atoms with Gasteiger partial charge in [-0.25, -0.2) is 0 Å². The number of hydrogen-bond donors (Lipinski definition) is 0. The van der Waals surface area contributed by atoms with E-state index >= 15 is 0 Å². The summed E-state index contributed by atoms with van der Waals surface area (Å²) in [6.07, 6.45) is 4.09. The van der Waals surface area contributed by atoms with Crippen LogP contribution < -0.4 is 19.6 Å². The average molecular weight is 521 g/mol. The lowest BCUT2D eigenvalue weighted by Gasteiger charge is -2.13. The predicted octanol–water partition coefficient (Wildman–Crippen LogP) is 6.92. The average Bonchev–Trinajstić information content (AvgIpc) is 3.09. The van der Waals surface area contributed by atoms with Crippen molar-refractivity contribution in [1.29, 1.82) is 0 Å². The molecule has 0 N–H and O–H groups in total. The number of benzene rings is 3. The van der Waals surface area contributed by atoms with E-state index in [0.29, 0.717) is 47.9 Å². The molecular formula is C28H25BrO5. The molecule has 0 radical (unpaired) electrons. The summed E-state index contributed by atoms with van der Waals surface area (Å²) in [4.78, 5) is 13.5. The second-order valence-electron chi connectivity index (χ2n) is 8.31. The lowest BCUT2D eigenvalue weighted by atomic mass is 10.0. The third-order valence-corrected chi connectivity index (χ3v) is 6.37. The molecule has 0 atom stereocenters. The van der Waals surface area contributed by atoms with Crippen LogP contribution in [0.15, 0.2) is 74.5 Å². The van der Waals surface area contributed by atoms with Crippen LogP contribution in [0, 0.1) is 0 Å². The Morgan fingerprint density at radius 2 is 1.76 bits per heavy atom. The zero-order chi connectivity index (χ0) is 23.5. The molecule has 0 unspecified atom stereocenters. The van der Waals surface area contributed by atoms with E-state index in [-0.39, 0.29) is 5.43 Å². The Hall–Kier alpha value is -3.25. The summed E-state index contributed by atoms with van der Waals surface area (Å²) in [7, 11) is 0. The van der Waals surface area contributed by atoms with E-state index in [4.69, 9.17) is 18.6 Å². The molecule has 3 aromatic carbocycles. The zero-order valence-electron chi connectivity index (χ0n) is 18.9. The standard InChI is InChI=1S/C28H25BrO5/c1-2-4-20-13-22-26(15-25(20)33-16-18-5-8-21(29)9-6-18)34-17-23(28(22)30)19-7-10-24-27(14-19)32-12-3-11-31-24/h5-10,13-15,17H,2-4,11-12,16H2,1H3. The van der Waals surface area contributed by atoms with Gasteiger partial charge >= 0.3 is 0 Å². The number of hydrogen-bond acceptors (Lipinski definition) is 5. The van der Waals surface area contributed by atoms with Gasteiger partial charge in [0.05, 0.1) is 24.2 Å². The van der Waals surface area contributed by atoms with E-state index in [0.717, 1.165) is 46.2 Å². The highest BCUT2D eigenvalue weighted by atomic mass is 79.9. The van der Waals surface area contributed by atoms with Crippen molar-refractivity contribution in [2.75, 3.05) is 13.2 Å². The summed E-state index contributed by atoms with van der Waals surface area (Å²) >= 11 is 3.46. The lowest BCUT2D eigenvalue weighted by molar-refractivity contribution is 0.297. The van der Waals surface area contributed by atoms with E-state index in [2.05, 4.69) is 22.9 Å². The van der Waals surface area contributed by atoms with Crippen LogP contribution in [-0.2, 0) is 13.0 Å². The van der Waals surface area contributed by atoms with E-state index < -0.39 is 0 Å². The van der Waals surface area contributed by atoms with Gasteiger partial charge in [-0.15, -0.1) is 0 Å². The maximum atomic E-state index is 13.5. The van der Waals surface area contributed by atoms with Crippen LogP contribution in [0.3, 0.4) is 0 Å². The molecule has 1 aliphatic rings. The molecule has 34 heavy (non-hydrogen) atoms. The first-order valence-electron chi connectivity index (χ1n) is 11.5. The molecule has 0 bridgehead atoms. The fourth-order valence-electron chi connectivity index (χ4n) is 4.07. The van der Waals surface area contributed by atoms with Crippen LogP contribution in [0.5, 0.6) is 17.2 Å². The molecule has 0 spiro atoms. The van der Waals surface area contributed by atoms with Crippen molar-refractivity contribution in [3.05, 3.63) is 86.7 Å². The largest absolute Gasteiger partial charge is 0.490 e. The SMILES string of the molecule is CCCc1cc2c(=O)c(-c3ccc4c(c3)OCCCO4)coc2cc1OCc1ccc(Br)cc1. The molecule has 0 fully saturated rings. The van der Waals surface area contributed by atoms with Gasteiger partial charge in [0, 0.05) is 17.0 Å². The van der Waals surface area contributed by atoms with Crippen molar-refractivity contribution in [2.24, 2.45) is 0 Å². The second kappa shape index (κ2) is 9.94. The molecule has 0 saturated heterocycles. The molecule has 5 rings (SSSR count). The normalized spacial score (nSPS) is 13.0. The maximum absolute atomic E-state index is 13.5. The van der Waals surface area contributed by atoms with Crippen molar-refractivity contribution in [3.8, 4) is 28.4 Å². The van der Waals surface area contributed by atoms with Gasteiger partial charge in [-0.2, -0.15) is 0 Å². The van der Waals surface area contributed by atoms with Crippen LogP contribution >= 0.6 is 15.9 Å². The minimum Gasteiger partial charge on any atom is -0.490 e. The first-order chi connectivity index (χ1) is 16.6. The quantitative estimate of drug-likeness (QED) is 0.276. The van der Waals surface area contributed by atoms with Gasteiger partial charge in [0.2, 0.25) is 5.43 Å². The zero-order valence-corrected chi connectivity index (χ0v) is 20.5. The summed E-state index contributed by atoms with van der Waals surface area (Å²) in [5, 5.41) is 0.545. The highest BCUT2D eigenvalue weighted by molar-refractivity contribution is 9.10. The van der Waals surface area contributed by atoms with Gasteiger partial charge in [-0.05, 0) is 53.4 Å². The third-order valence-electron chi connectivity index (χ3n) is 5.84. The van der Waals surface area contributed by atoms with E-state index in [1.807, 2.05) is 54.6 Å². The minimum atomic E-state index is -0.0763. The molecular weight excluding hydrogens is 496 g/mol. The number of ether oxygens (including phenoxy) is 3. The number of fused-ring (bicyclic) bond motifs is 2. The second-order valence-corrected chi connectivity index (χ2v) is 9.23. The minimum absolute atomic E-state index is 0.0763. The molecule has 0 aliphatic carbocycles. The van der Waals surface area contributed by atoms with Crippen LogP contribution in [0.1, 0.15) is 30.9 Å². The Morgan fingerprint density at radius 3 is 2.56 bits per heavy atom. The van der Waals surface area contributed by atoms with Crippen molar-refractivity contribution in [2.45, 2.75) is 32.8 Å². The monoisotopic (exact) mass is 520 g/mol. The number of rotatable bonds is 6. The summed E-state index contributed by atoms with van der Waals surface area (Å²) in [5.41, 5.74) is 3.73. The summed E-state index contributed by atoms with van der Waals surface area (Å²) < 4.78 is 24.6. The highest BCUT2D eigenvalue weighted by Gasteiger charge is 2.17. The Bertz CT molecular complexity index is 1370. The topological polar surface area (TPSA) is 57.9 Å². The van der Waals surface area contributed by atoms with Gasteiger partial charge in [0.1, 0.15) is 24.2 Å². The van der Waals surface area contributed by atoms with Crippen LogP contribution in [-0.4, -0.2) is 13.2 Å². The Labute approximate surface area is 206 Å². The van der Waals surface area contributed by atoms with Gasteiger partial charge in [0.15, 0.2) is 11.5 Å². The maximum Gasteiger partial charge on any atom is 0.200 e. The first kappa shape index (κ1) is 22.5. The van der Waals surface area contributed by atoms with Gasteiger partial charge in [0.25, 0.3) is 0 Å². The van der Waals surface area contributed by atoms with Crippen molar-refractivity contribution < 1.29 is 18.6 Å². The van der Waals surface area contributed by atoms with Crippen LogP contribution in [0.4, 0.5) is 0 Å². The third kappa shape index (κ3) is 4.68. The molecule has 0 saturated carbocycles.